The average molecular weight is 379 g/mol. The molecule has 1 atom stereocenters. The van der Waals surface area contributed by atoms with Crippen LogP contribution in [0.2, 0.25) is 0 Å². The molecule has 28 heavy (non-hydrogen) atoms. The number of aryl methyl sites for hydroxylation is 2. The highest BCUT2D eigenvalue weighted by Crippen LogP contribution is 2.39. The summed E-state index contributed by atoms with van der Waals surface area (Å²) in [6.45, 7) is 8.77. The van der Waals surface area contributed by atoms with Gasteiger partial charge >= 0.3 is 0 Å². The first-order valence-corrected chi connectivity index (χ1v) is 10.4. The van der Waals surface area contributed by atoms with Crippen LogP contribution in [0.3, 0.4) is 0 Å². The van der Waals surface area contributed by atoms with Crippen LogP contribution in [-0.4, -0.2) is 45.3 Å². The standard InChI is InChI=1S/C23H30N4O/c1-18-6-3-4-7-20(18)14-26-11-5-9-23(16-26)10-8-22(28)27(17-23)15-21-13-24-19(2)12-25-21/h3-4,6-7,12-13H,5,8-11,14-17H2,1-2H3/t23-/m0/s1. The fourth-order valence-electron chi connectivity index (χ4n) is 4.75. The van der Waals surface area contributed by atoms with Gasteiger partial charge in [0.05, 0.1) is 24.1 Å². The molecule has 4 rings (SSSR count). The molecule has 148 valence electrons. The Morgan fingerprint density at radius 2 is 1.89 bits per heavy atom. The van der Waals surface area contributed by atoms with Crippen molar-refractivity contribution in [1.29, 1.82) is 0 Å². The third-order valence-corrected chi connectivity index (χ3v) is 6.33. The molecule has 1 aromatic carbocycles. The number of hydrogen-bond acceptors (Lipinski definition) is 4. The number of piperidine rings is 2. The van der Waals surface area contributed by atoms with E-state index in [9.17, 15) is 4.79 Å². The summed E-state index contributed by atoms with van der Waals surface area (Å²) in [5, 5.41) is 0. The molecule has 3 heterocycles. The van der Waals surface area contributed by atoms with Crippen molar-refractivity contribution in [3.05, 3.63) is 59.2 Å². The number of likely N-dealkylation sites (tertiary alicyclic amines) is 2. The van der Waals surface area contributed by atoms with Gasteiger partial charge in [0, 0.05) is 37.7 Å². The molecule has 2 saturated heterocycles. The van der Waals surface area contributed by atoms with Crippen molar-refractivity contribution < 1.29 is 4.79 Å². The van der Waals surface area contributed by atoms with Crippen LogP contribution in [0.5, 0.6) is 0 Å². The van der Waals surface area contributed by atoms with Crippen LogP contribution in [-0.2, 0) is 17.9 Å². The molecular weight excluding hydrogens is 348 g/mol. The predicted octanol–water partition coefficient (Wildman–Crippen LogP) is 3.50. The fourth-order valence-corrected chi connectivity index (χ4v) is 4.75. The third kappa shape index (κ3) is 4.25. The summed E-state index contributed by atoms with van der Waals surface area (Å²) in [5.74, 6) is 0.254. The SMILES string of the molecule is Cc1cnc(CN2C[C@@]3(CCCN(Cc4ccccc4C)C3)CCC2=O)cn1. The number of carbonyl (C=O) groups is 1. The third-order valence-electron chi connectivity index (χ3n) is 6.33. The molecule has 0 saturated carbocycles. The first-order chi connectivity index (χ1) is 13.5. The lowest BCUT2D eigenvalue weighted by Crippen LogP contribution is -2.53. The molecule has 2 aliphatic heterocycles. The van der Waals surface area contributed by atoms with Crippen LogP contribution in [0.1, 0.15) is 48.2 Å². The molecular formula is C23H30N4O. The predicted molar refractivity (Wildman–Crippen MR) is 110 cm³/mol. The highest BCUT2D eigenvalue weighted by atomic mass is 16.2. The lowest BCUT2D eigenvalue weighted by Gasteiger charge is -2.48. The van der Waals surface area contributed by atoms with Gasteiger partial charge in [-0.2, -0.15) is 0 Å². The van der Waals surface area contributed by atoms with Crippen molar-refractivity contribution in [2.75, 3.05) is 19.6 Å². The van der Waals surface area contributed by atoms with Gasteiger partial charge in [0.15, 0.2) is 0 Å². The van der Waals surface area contributed by atoms with Gasteiger partial charge in [-0.25, -0.2) is 0 Å². The summed E-state index contributed by atoms with van der Waals surface area (Å²) in [6, 6.07) is 8.67. The van der Waals surface area contributed by atoms with Gasteiger partial charge in [0.2, 0.25) is 5.91 Å². The Morgan fingerprint density at radius 1 is 1.04 bits per heavy atom. The second-order valence-corrected chi connectivity index (χ2v) is 8.64. The van der Waals surface area contributed by atoms with Crippen molar-refractivity contribution in [2.45, 2.75) is 52.6 Å². The summed E-state index contributed by atoms with van der Waals surface area (Å²) < 4.78 is 0. The van der Waals surface area contributed by atoms with E-state index in [4.69, 9.17) is 0 Å². The molecule has 5 nitrogen and oxygen atoms in total. The fraction of sp³-hybridized carbons (Fsp3) is 0.522. The molecule has 2 aromatic rings. The zero-order valence-electron chi connectivity index (χ0n) is 17.0. The quantitative estimate of drug-likeness (QED) is 0.817. The number of carbonyl (C=O) groups excluding carboxylic acids is 1. The maximum atomic E-state index is 12.6. The second-order valence-electron chi connectivity index (χ2n) is 8.64. The maximum absolute atomic E-state index is 12.6. The Hall–Kier alpha value is -2.27. The van der Waals surface area contributed by atoms with E-state index in [-0.39, 0.29) is 11.3 Å². The smallest absolute Gasteiger partial charge is 0.222 e. The van der Waals surface area contributed by atoms with E-state index in [1.807, 2.05) is 11.8 Å². The van der Waals surface area contributed by atoms with Gasteiger partial charge in [-0.3, -0.25) is 19.7 Å². The largest absolute Gasteiger partial charge is 0.336 e. The molecule has 1 amide bonds. The summed E-state index contributed by atoms with van der Waals surface area (Å²) in [5.41, 5.74) is 4.78. The number of benzene rings is 1. The van der Waals surface area contributed by atoms with Crippen LogP contribution < -0.4 is 0 Å². The van der Waals surface area contributed by atoms with Crippen molar-refractivity contribution in [3.8, 4) is 0 Å². The van der Waals surface area contributed by atoms with Gasteiger partial charge in [-0.1, -0.05) is 24.3 Å². The van der Waals surface area contributed by atoms with Crippen molar-refractivity contribution in [2.24, 2.45) is 5.41 Å². The molecule has 0 radical (unpaired) electrons. The second kappa shape index (κ2) is 8.00. The zero-order valence-corrected chi connectivity index (χ0v) is 17.0. The Labute approximate surface area is 167 Å². The Bertz CT molecular complexity index is 835. The molecule has 2 aliphatic rings. The van der Waals surface area contributed by atoms with Crippen molar-refractivity contribution >= 4 is 5.91 Å². The van der Waals surface area contributed by atoms with Crippen LogP contribution in [0.15, 0.2) is 36.7 Å². The topological polar surface area (TPSA) is 49.3 Å². The van der Waals surface area contributed by atoms with Gasteiger partial charge < -0.3 is 4.90 Å². The lowest BCUT2D eigenvalue weighted by atomic mass is 9.73. The zero-order chi connectivity index (χ0) is 19.6. The average Bonchev–Trinajstić information content (AvgIpc) is 2.69. The maximum Gasteiger partial charge on any atom is 0.222 e. The van der Waals surface area contributed by atoms with Gasteiger partial charge in [0.1, 0.15) is 0 Å². The Morgan fingerprint density at radius 3 is 2.68 bits per heavy atom. The van der Waals surface area contributed by atoms with Crippen LogP contribution in [0.4, 0.5) is 0 Å². The number of nitrogens with zero attached hydrogens (tertiary/aromatic N) is 4. The number of hydrogen-bond donors (Lipinski definition) is 0. The molecule has 2 fully saturated rings. The van der Waals surface area contributed by atoms with Crippen LogP contribution in [0.25, 0.3) is 0 Å². The highest BCUT2D eigenvalue weighted by Gasteiger charge is 2.41. The normalized spacial score (nSPS) is 23.4. The highest BCUT2D eigenvalue weighted by molar-refractivity contribution is 5.77. The van der Waals surface area contributed by atoms with Crippen molar-refractivity contribution in [3.63, 3.8) is 0 Å². The van der Waals surface area contributed by atoms with Crippen LogP contribution >= 0.6 is 0 Å². The summed E-state index contributed by atoms with van der Waals surface area (Å²) >= 11 is 0. The Kier molecular flexibility index (Phi) is 5.44. The van der Waals surface area contributed by atoms with Gasteiger partial charge in [0.25, 0.3) is 0 Å². The van der Waals surface area contributed by atoms with E-state index >= 15 is 0 Å². The van der Waals surface area contributed by atoms with E-state index in [0.29, 0.717) is 13.0 Å². The molecule has 1 spiro atoms. The number of amides is 1. The van der Waals surface area contributed by atoms with E-state index in [0.717, 1.165) is 44.0 Å². The minimum absolute atomic E-state index is 0.215. The minimum atomic E-state index is 0.215. The van der Waals surface area contributed by atoms with E-state index < -0.39 is 0 Å². The van der Waals surface area contributed by atoms with E-state index in [1.54, 1.807) is 12.4 Å². The number of aromatic nitrogens is 2. The van der Waals surface area contributed by atoms with Crippen LogP contribution in [0, 0.1) is 19.3 Å². The number of rotatable bonds is 4. The molecule has 0 N–H and O–H groups in total. The molecule has 1 aromatic heterocycles. The first kappa shape index (κ1) is 19.1. The van der Waals surface area contributed by atoms with Gasteiger partial charge in [-0.05, 0) is 50.8 Å². The summed E-state index contributed by atoms with van der Waals surface area (Å²) in [6.07, 6.45) is 7.65. The van der Waals surface area contributed by atoms with Crippen molar-refractivity contribution in [1.82, 2.24) is 19.8 Å². The van der Waals surface area contributed by atoms with E-state index in [2.05, 4.69) is 46.1 Å². The first-order valence-electron chi connectivity index (χ1n) is 10.4. The van der Waals surface area contributed by atoms with Gasteiger partial charge in [-0.15, -0.1) is 0 Å². The molecule has 0 bridgehead atoms. The summed E-state index contributed by atoms with van der Waals surface area (Å²) in [4.78, 5) is 26.0. The summed E-state index contributed by atoms with van der Waals surface area (Å²) in [7, 11) is 0. The Balaban J connectivity index is 1.45. The minimum Gasteiger partial charge on any atom is -0.336 e. The molecule has 5 heteroatoms. The monoisotopic (exact) mass is 378 g/mol. The van der Waals surface area contributed by atoms with E-state index in [1.165, 1.54) is 24.0 Å². The lowest BCUT2D eigenvalue weighted by molar-refractivity contribution is -0.140. The molecule has 0 unspecified atom stereocenters. The molecule has 0 aliphatic carbocycles.